The number of nitriles is 1. The van der Waals surface area contributed by atoms with Gasteiger partial charge in [0, 0.05) is 72.2 Å². The molecule has 262 valence electrons. The van der Waals surface area contributed by atoms with E-state index in [1.165, 1.54) is 63.6 Å². The Morgan fingerprint density at radius 3 is 2.27 bits per heavy atom. The van der Waals surface area contributed by atoms with Crippen LogP contribution in [0, 0.1) is 35.7 Å². The number of carbonyl (C=O) groups is 3. The normalized spacial score (nSPS) is 18.0. The van der Waals surface area contributed by atoms with Gasteiger partial charge in [0.25, 0.3) is 17.7 Å². The van der Waals surface area contributed by atoms with Crippen molar-refractivity contribution in [3.63, 3.8) is 0 Å². The lowest BCUT2D eigenvalue weighted by Gasteiger charge is -2.34. The van der Waals surface area contributed by atoms with Crippen LogP contribution in [0.2, 0.25) is 0 Å². The topological polar surface area (TPSA) is 142 Å². The third-order valence-corrected chi connectivity index (χ3v) is 9.56. The lowest BCUT2D eigenvalue weighted by Crippen LogP contribution is -2.42. The first kappa shape index (κ1) is 34.9. The van der Waals surface area contributed by atoms with Gasteiger partial charge in [-0.05, 0) is 55.8 Å². The number of halogens is 3. The highest BCUT2D eigenvalue weighted by Gasteiger charge is 2.40. The number of aromatic amines is 2. The van der Waals surface area contributed by atoms with E-state index in [2.05, 4.69) is 26.5 Å². The number of hydrogen-bond acceptors (Lipinski definition) is 6. The number of rotatable bonds is 6. The van der Waals surface area contributed by atoms with Gasteiger partial charge in [0.05, 0.1) is 34.4 Å². The summed E-state index contributed by atoms with van der Waals surface area (Å²) in [6, 6.07) is 10.2. The summed E-state index contributed by atoms with van der Waals surface area (Å²) in [5.41, 5.74) is 1.80. The van der Waals surface area contributed by atoms with Crippen molar-refractivity contribution in [1.29, 1.82) is 5.26 Å². The molecule has 1 atom stereocenters. The van der Waals surface area contributed by atoms with E-state index in [1.54, 1.807) is 14.0 Å². The van der Waals surface area contributed by atoms with Gasteiger partial charge >= 0.3 is 0 Å². The van der Waals surface area contributed by atoms with Crippen molar-refractivity contribution in [2.75, 3.05) is 26.7 Å². The van der Waals surface area contributed by atoms with Gasteiger partial charge < -0.3 is 14.7 Å². The molecular formula is C37H35F3N8O3. The Morgan fingerprint density at radius 1 is 0.922 bits per heavy atom. The largest absolute Gasteiger partial charge is 0.342 e. The molecule has 2 N–H and O–H groups in total. The molecule has 4 aromatic rings. The standard InChI is InChI=1S/C37H35F3N8O3/c1-21-30-27(18-48(19-36(2,3)32(30)45-43-21)34(50)23-8-11-28(39)29(40)14-23)35(51)46(5)13-12-37(4)20-47(33(49)22-6-9-25(38)10-7-22)17-24(15-41)26-16-42-44-31(26)37/h6-11,14,16-18H,12-13,19-20H2,1-5H3,(H,42,44)(H,43,45)/t37-/m0/s1. The minimum absolute atomic E-state index is 0.0803. The maximum Gasteiger partial charge on any atom is 0.257 e. The van der Waals surface area contributed by atoms with Gasteiger partial charge in [-0.25, -0.2) is 13.2 Å². The third-order valence-electron chi connectivity index (χ3n) is 9.56. The van der Waals surface area contributed by atoms with Crippen LogP contribution in [0.3, 0.4) is 0 Å². The first-order valence-electron chi connectivity index (χ1n) is 16.2. The fourth-order valence-electron chi connectivity index (χ4n) is 6.69. The van der Waals surface area contributed by atoms with E-state index in [1.807, 2.05) is 20.8 Å². The van der Waals surface area contributed by atoms with Crippen LogP contribution >= 0.6 is 0 Å². The van der Waals surface area contributed by atoms with Crippen LogP contribution in [0.4, 0.5) is 13.2 Å². The van der Waals surface area contributed by atoms with Gasteiger partial charge in [-0.15, -0.1) is 0 Å². The van der Waals surface area contributed by atoms with Gasteiger partial charge in [0.2, 0.25) is 0 Å². The molecule has 0 aliphatic carbocycles. The minimum atomic E-state index is -1.16. The van der Waals surface area contributed by atoms with Gasteiger partial charge in [0.15, 0.2) is 11.6 Å². The fourth-order valence-corrected chi connectivity index (χ4v) is 6.69. The second kappa shape index (κ2) is 13.1. The Bertz CT molecular complexity index is 2160. The zero-order chi connectivity index (χ0) is 36.8. The molecule has 0 bridgehead atoms. The van der Waals surface area contributed by atoms with Crippen molar-refractivity contribution >= 4 is 28.9 Å². The van der Waals surface area contributed by atoms with E-state index in [-0.39, 0.29) is 41.9 Å². The smallest absolute Gasteiger partial charge is 0.257 e. The molecule has 3 amide bonds. The zero-order valence-electron chi connectivity index (χ0n) is 28.6. The predicted octanol–water partition coefficient (Wildman–Crippen LogP) is 5.46. The summed E-state index contributed by atoms with van der Waals surface area (Å²) < 4.78 is 41.5. The lowest BCUT2D eigenvalue weighted by atomic mass is 9.80. The maximum absolute atomic E-state index is 14.4. The van der Waals surface area contributed by atoms with E-state index in [0.29, 0.717) is 34.6 Å². The molecule has 11 nitrogen and oxygen atoms in total. The summed E-state index contributed by atoms with van der Waals surface area (Å²) in [5.74, 6) is -4.22. The SMILES string of the molecule is Cc1n[nH]c2c1C(C(=O)N(C)CC[C@@]1(C)CN(C(=O)c3ccc(F)cc3)C=C(C#N)c3cn[nH]c31)=CN(C(=O)c1ccc(F)c(F)c1)CC2(C)C. The minimum Gasteiger partial charge on any atom is -0.342 e. The lowest BCUT2D eigenvalue weighted by molar-refractivity contribution is -0.124. The molecule has 0 spiro atoms. The maximum atomic E-state index is 14.4. The molecule has 0 unspecified atom stereocenters. The van der Waals surface area contributed by atoms with Gasteiger partial charge in [-0.1, -0.05) is 20.8 Å². The van der Waals surface area contributed by atoms with Gasteiger partial charge in [-0.2, -0.15) is 15.5 Å². The van der Waals surface area contributed by atoms with Crippen molar-refractivity contribution in [3.05, 3.63) is 118 Å². The first-order chi connectivity index (χ1) is 24.1. The number of aromatic nitrogens is 4. The average Bonchev–Trinajstić information content (AvgIpc) is 3.70. The number of likely N-dealkylation sites (N-methyl/N-ethyl adjacent to an activating group) is 1. The van der Waals surface area contributed by atoms with Crippen molar-refractivity contribution in [1.82, 2.24) is 35.1 Å². The van der Waals surface area contributed by atoms with Crippen LogP contribution in [0.1, 0.15) is 76.1 Å². The Balaban J connectivity index is 1.32. The number of amides is 3. The summed E-state index contributed by atoms with van der Waals surface area (Å²) >= 11 is 0. The summed E-state index contributed by atoms with van der Waals surface area (Å²) in [7, 11) is 1.62. The quantitative estimate of drug-likeness (QED) is 0.274. The second-order valence-corrected chi connectivity index (χ2v) is 13.8. The Morgan fingerprint density at radius 2 is 1.59 bits per heavy atom. The predicted molar refractivity (Wildman–Crippen MR) is 181 cm³/mol. The van der Waals surface area contributed by atoms with Crippen LogP contribution in [0.25, 0.3) is 11.1 Å². The highest BCUT2D eigenvalue weighted by atomic mass is 19.2. The number of benzene rings is 2. The summed E-state index contributed by atoms with van der Waals surface area (Å²) in [6.07, 6.45) is 4.71. The Kier molecular flexibility index (Phi) is 8.93. The van der Waals surface area contributed by atoms with Crippen LogP contribution in [-0.4, -0.2) is 79.5 Å². The molecule has 2 aromatic heterocycles. The van der Waals surface area contributed by atoms with E-state index in [4.69, 9.17) is 0 Å². The van der Waals surface area contributed by atoms with Gasteiger partial charge in [-0.3, -0.25) is 24.6 Å². The molecule has 0 saturated heterocycles. The molecule has 6 rings (SSSR count). The van der Waals surface area contributed by atoms with Crippen LogP contribution in [0.5, 0.6) is 0 Å². The highest BCUT2D eigenvalue weighted by molar-refractivity contribution is 6.20. The number of allylic oxidation sites excluding steroid dienone is 1. The number of hydrogen-bond donors (Lipinski definition) is 2. The van der Waals surface area contributed by atoms with Crippen LogP contribution in [-0.2, 0) is 15.6 Å². The van der Waals surface area contributed by atoms with E-state index >= 15 is 0 Å². The Hall–Kier alpha value is -5.97. The van der Waals surface area contributed by atoms with E-state index in [9.17, 15) is 32.8 Å². The zero-order valence-corrected chi connectivity index (χ0v) is 28.6. The number of nitrogens with zero attached hydrogens (tertiary/aromatic N) is 6. The molecule has 51 heavy (non-hydrogen) atoms. The Labute approximate surface area is 292 Å². The summed E-state index contributed by atoms with van der Waals surface area (Å²) in [5, 5.41) is 24.6. The van der Waals surface area contributed by atoms with Crippen LogP contribution in [0.15, 0.2) is 61.1 Å². The molecule has 2 aliphatic rings. The molecule has 4 heterocycles. The molecule has 0 saturated carbocycles. The summed E-state index contributed by atoms with van der Waals surface area (Å²) in [6.45, 7) is 7.79. The van der Waals surface area contributed by atoms with Crippen molar-refractivity contribution in [2.45, 2.75) is 44.9 Å². The molecule has 2 aliphatic heterocycles. The summed E-state index contributed by atoms with van der Waals surface area (Å²) in [4.78, 5) is 46.0. The number of fused-ring (bicyclic) bond motifs is 2. The second-order valence-electron chi connectivity index (χ2n) is 13.8. The number of nitrogens with one attached hydrogen (secondary N) is 2. The van der Waals surface area contributed by atoms with Crippen molar-refractivity contribution in [2.24, 2.45) is 0 Å². The van der Waals surface area contributed by atoms with Crippen LogP contribution < -0.4 is 0 Å². The monoisotopic (exact) mass is 696 g/mol. The van der Waals surface area contributed by atoms with E-state index < -0.39 is 46.0 Å². The highest BCUT2D eigenvalue weighted by Crippen LogP contribution is 2.39. The van der Waals surface area contributed by atoms with E-state index in [0.717, 1.165) is 12.1 Å². The molecule has 2 aromatic carbocycles. The fraction of sp³-hybridized carbons (Fsp3) is 0.297. The number of aryl methyl sites for hydroxylation is 1. The van der Waals surface area contributed by atoms with Gasteiger partial charge in [0.1, 0.15) is 11.9 Å². The van der Waals surface area contributed by atoms with Crippen molar-refractivity contribution < 1.29 is 27.6 Å². The third kappa shape index (κ3) is 6.42. The molecular weight excluding hydrogens is 661 g/mol. The number of H-pyrrole nitrogens is 2. The molecule has 0 radical (unpaired) electrons. The number of carbonyl (C=O) groups excluding carboxylic acids is 3. The van der Waals surface area contributed by atoms with Crippen molar-refractivity contribution in [3.8, 4) is 6.07 Å². The first-order valence-corrected chi connectivity index (χ1v) is 16.2. The average molecular weight is 697 g/mol. The molecule has 14 heteroatoms. The molecule has 0 fully saturated rings.